The van der Waals surface area contributed by atoms with Crippen LogP contribution in [0.5, 0.6) is 0 Å². The van der Waals surface area contributed by atoms with Gasteiger partial charge >= 0.3 is 5.97 Å². The first kappa shape index (κ1) is 20.9. The van der Waals surface area contributed by atoms with E-state index in [0.29, 0.717) is 5.92 Å². The third-order valence-electron chi connectivity index (χ3n) is 3.69. The van der Waals surface area contributed by atoms with E-state index in [1.54, 1.807) is 6.08 Å². The molecule has 1 rings (SSSR count). The molecule has 6 nitrogen and oxygen atoms in total. The van der Waals surface area contributed by atoms with E-state index < -0.39 is 18.5 Å². The van der Waals surface area contributed by atoms with E-state index >= 15 is 0 Å². The molecule has 0 N–H and O–H groups in total. The molecule has 0 spiro atoms. The van der Waals surface area contributed by atoms with Gasteiger partial charge in [0.1, 0.15) is 0 Å². The fourth-order valence-electron chi connectivity index (χ4n) is 2.16. The second-order valence-electron chi connectivity index (χ2n) is 5.96. The van der Waals surface area contributed by atoms with Gasteiger partial charge in [0.15, 0.2) is 6.61 Å². The number of amides is 1. The first-order valence-electron chi connectivity index (χ1n) is 8.44. The Morgan fingerprint density at radius 2 is 1.69 bits per heavy atom. The van der Waals surface area contributed by atoms with Crippen molar-refractivity contribution in [3.8, 4) is 12.1 Å². The molecule has 0 fully saturated rings. The van der Waals surface area contributed by atoms with Crippen LogP contribution in [0.3, 0.4) is 0 Å². The molecule has 0 aliphatic heterocycles. The molecule has 0 unspecified atom stereocenters. The lowest BCUT2D eigenvalue weighted by Gasteiger charge is -2.19. The minimum atomic E-state index is -0.619. The highest BCUT2D eigenvalue weighted by Crippen LogP contribution is 2.15. The Bertz CT molecular complexity index is 691. The van der Waals surface area contributed by atoms with Crippen LogP contribution in [0, 0.1) is 22.7 Å². The molecule has 0 heterocycles. The lowest BCUT2D eigenvalue weighted by molar-refractivity contribution is -0.148. The molecule has 136 valence electrons. The maximum atomic E-state index is 12.0. The Hall–Kier alpha value is -3.12. The number of hydrogen-bond acceptors (Lipinski definition) is 5. The van der Waals surface area contributed by atoms with Crippen LogP contribution in [0.25, 0.3) is 6.08 Å². The largest absolute Gasteiger partial charge is 0.452 e. The number of hydrogen-bond donors (Lipinski definition) is 0. The summed E-state index contributed by atoms with van der Waals surface area (Å²) in [6.45, 7) is 4.23. The number of esters is 1. The summed E-state index contributed by atoms with van der Waals surface area (Å²) in [4.78, 5) is 25.2. The van der Waals surface area contributed by atoms with Crippen molar-refractivity contribution in [2.24, 2.45) is 0 Å². The number of benzene rings is 1. The van der Waals surface area contributed by atoms with Gasteiger partial charge in [-0.1, -0.05) is 38.1 Å². The quantitative estimate of drug-likeness (QED) is 0.502. The van der Waals surface area contributed by atoms with E-state index in [4.69, 9.17) is 15.3 Å². The summed E-state index contributed by atoms with van der Waals surface area (Å²) in [7, 11) is 0. The molecule has 1 amide bonds. The van der Waals surface area contributed by atoms with Crippen LogP contribution in [0.2, 0.25) is 0 Å². The Kier molecular flexibility index (Phi) is 9.20. The molecule has 0 saturated carbocycles. The average molecular weight is 353 g/mol. The molecule has 0 aromatic heterocycles. The molecule has 26 heavy (non-hydrogen) atoms. The maximum Gasteiger partial charge on any atom is 0.331 e. The van der Waals surface area contributed by atoms with Gasteiger partial charge < -0.3 is 9.64 Å². The molecule has 6 heteroatoms. The normalized spacial score (nSPS) is 10.3. The van der Waals surface area contributed by atoms with Crippen molar-refractivity contribution in [1.29, 1.82) is 10.5 Å². The first-order chi connectivity index (χ1) is 12.5. The van der Waals surface area contributed by atoms with E-state index in [1.165, 1.54) is 16.5 Å². The Balaban J connectivity index is 2.52. The molecule has 0 saturated heterocycles. The zero-order valence-corrected chi connectivity index (χ0v) is 15.1. The summed E-state index contributed by atoms with van der Waals surface area (Å²) < 4.78 is 4.95. The summed E-state index contributed by atoms with van der Waals surface area (Å²) in [5.74, 6) is -0.598. The van der Waals surface area contributed by atoms with Crippen LogP contribution in [0.15, 0.2) is 30.3 Å². The van der Waals surface area contributed by atoms with Crippen LogP contribution in [-0.2, 0) is 14.3 Å². The van der Waals surface area contributed by atoms with Crippen LogP contribution in [-0.4, -0.2) is 36.5 Å². The fourth-order valence-corrected chi connectivity index (χ4v) is 2.16. The van der Waals surface area contributed by atoms with Gasteiger partial charge in [0.2, 0.25) is 0 Å². The highest BCUT2D eigenvalue weighted by atomic mass is 16.5. The molecular weight excluding hydrogens is 330 g/mol. The third-order valence-corrected chi connectivity index (χ3v) is 3.69. The monoisotopic (exact) mass is 353 g/mol. The van der Waals surface area contributed by atoms with Crippen molar-refractivity contribution in [2.75, 3.05) is 19.7 Å². The van der Waals surface area contributed by atoms with Crippen molar-refractivity contribution < 1.29 is 14.3 Å². The Morgan fingerprint density at radius 1 is 1.12 bits per heavy atom. The van der Waals surface area contributed by atoms with Gasteiger partial charge in [0.05, 0.1) is 25.0 Å². The topological polar surface area (TPSA) is 94.2 Å². The summed E-state index contributed by atoms with van der Waals surface area (Å²) in [6, 6.07) is 11.7. The van der Waals surface area contributed by atoms with E-state index in [0.717, 1.165) is 5.56 Å². The van der Waals surface area contributed by atoms with Gasteiger partial charge in [-0.15, -0.1) is 0 Å². The minimum Gasteiger partial charge on any atom is -0.452 e. The Morgan fingerprint density at radius 3 is 2.19 bits per heavy atom. The number of nitriles is 2. The van der Waals surface area contributed by atoms with Crippen molar-refractivity contribution in [3.05, 3.63) is 41.5 Å². The van der Waals surface area contributed by atoms with Gasteiger partial charge in [0.25, 0.3) is 5.91 Å². The predicted octanol–water partition coefficient (Wildman–Crippen LogP) is 3.02. The molecule has 0 bridgehead atoms. The minimum absolute atomic E-state index is 0.164. The van der Waals surface area contributed by atoms with Crippen LogP contribution < -0.4 is 0 Å². The van der Waals surface area contributed by atoms with E-state index in [2.05, 4.69) is 13.8 Å². The molecular formula is C20H23N3O3. The number of carbonyl (C=O) groups is 2. The molecule has 0 aliphatic rings. The van der Waals surface area contributed by atoms with Gasteiger partial charge in [-0.2, -0.15) is 10.5 Å². The summed E-state index contributed by atoms with van der Waals surface area (Å²) in [5, 5.41) is 17.2. The van der Waals surface area contributed by atoms with Crippen LogP contribution >= 0.6 is 0 Å². The smallest absolute Gasteiger partial charge is 0.331 e. The van der Waals surface area contributed by atoms with Crippen molar-refractivity contribution >= 4 is 18.0 Å². The second kappa shape index (κ2) is 11.4. The fraction of sp³-hybridized carbons (Fsp3) is 0.400. The standard InChI is InChI=1S/C20H23N3O3/c1-16(2)18-8-5-17(6-9-18)7-10-20(25)26-15-19(24)23(13-3-11-21)14-4-12-22/h5-10,16H,3-4,13-15H2,1-2H3/b10-7+. The van der Waals surface area contributed by atoms with E-state index in [-0.39, 0.29) is 25.9 Å². The number of ether oxygens (including phenoxy) is 1. The molecule has 1 aromatic carbocycles. The van der Waals surface area contributed by atoms with Crippen LogP contribution in [0.1, 0.15) is 43.7 Å². The lowest BCUT2D eigenvalue weighted by Crippen LogP contribution is -2.36. The van der Waals surface area contributed by atoms with Crippen LogP contribution in [0.4, 0.5) is 0 Å². The summed E-state index contributed by atoms with van der Waals surface area (Å²) in [5.41, 5.74) is 2.08. The zero-order chi connectivity index (χ0) is 19.4. The van der Waals surface area contributed by atoms with Gasteiger partial charge in [0, 0.05) is 19.2 Å². The first-order valence-corrected chi connectivity index (χ1v) is 8.44. The third kappa shape index (κ3) is 7.63. The summed E-state index contributed by atoms with van der Waals surface area (Å²) in [6.07, 6.45) is 3.22. The second-order valence-corrected chi connectivity index (χ2v) is 5.96. The molecule has 0 radical (unpaired) electrons. The van der Waals surface area contributed by atoms with Gasteiger partial charge in [-0.05, 0) is 23.1 Å². The highest BCUT2D eigenvalue weighted by Gasteiger charge is 2.14. The highest BCUT2D eigenvalue weighted by molar-refractivity contribution is 5.89. The van der Waals surface area contributed by atoms with Crippen molar-refractivity contribution in [3.63, 3.8) is 0 Å². The summed E-state index contributed by atoms with van der Waals surface area (Å²) >= 11 is 0. The predicted molar refractivity (Wildman–Crippen MR) is 97.6 cm³/mol. The lowest BCUT2D eigenvalue weighted by atomic mass is 10.0. The maximum absolute atomic E-state index is 12.0. The number of rotatable bonds is 9. The van der Waals surface area contributed by atoms with Crippen molar-refractivity contribution in [2.45, 2.75) is 32.6 Å². The number of carbonyl (C=O) groups excluding carboxylic acids is 2. The number of nitrogens with zero attached hydrogens (tertiary/aromatic N) is 3. The average Bonchev–Trinajstić information content (AvgIpc) is 2.64. The molecule has 0 atom stereocenters. The molecule has 0 aliphatic carbocycles. The van der Waals surface area contributed by atoms with Gasteiger partial charge in [-0.3, -0.25) is 4.79 Å². The SMILES string of the molecule is CC(C)c1ccc(/C=C/C(=O)OCC(=O)N(CCC#N)CCC#N)cc1. The van der Waals surface area contributed by atoms with Gasteiger partial charge in [-0.25, -0.2) is 4.79 Å². The molecule has 1 aromatic rings. The zero-order valence-electron chi connectivity index (χ0n) is 15.1. The van der Waals surface area contributed by atoms with E-state index in [1.807, 2.05) is 36.4 Å². The Labute approximate surface area is 154 Å². The van der Waals surface area contributed by atoms with E-state index in [9.17, 15) is 9.59 Å². The van der Waals surface area contributed by atoms with Crippen molar-refractivity contribution in [1.82, 2.24) is 4.90 Å².